The normalized spacial score (nSPS) is 10.3. The van der Waals surface area contributed by atoms with Crippen LogP contribution in [0.4, 0.5) is 17.1 Å². The third-order valence-electron chi connectivity index (χ3n) is 3.66. The van der Waals surface area contributed by atoms with Gasteiger partial charge in [0.15, 0.2) is 0 Å². The second kappa shape index (κ2) is 6.35. The average Bonchev–Trinajstić information content (AvgIpc) is 2.57. The smallest absolute Gasteiger partial charge is 0.0385 e. The second-order valence-corrected chi connectivity index (χ2v) is 5.51. The van der Waals surface area contributed by atoms with Crippen molar-refractivity contribution in [2.45, 2.75) is 0 Å². The molecule has 0 amide bonds. The lowest BCUT2D eigenvalue weighted by atomic mass is 10.1. The summed E-state index contributed by atoms with van der Waals surface area (Å²) in [4.78, 5) is 2.10. The quantitative estimate of drug-likeness (QED) is 0.713. The summed E-state index contributed by atoms with van der Waals surface area (Å²) < 4.78 is 0. The van der Waals surface area contributed by atoms with E-state index in [0.717, 1.165) is 11.4 Å². The van der Waals surface area contributed by atoms with Gasteiger partial charge in [0.05, 0.1) is 0 Å². The number of nitrogens with one attached hydrogen (secondary N) is 1. The summed E-state index contributed by atoms with van der Waals surface area (Å²) in [7, 11) is 4.09. The van der Waals surface area contributed by atoms with Crippen molar-refractivity contribution >= 4 is 17.1 Å². The van der Waals surface area contributed by atoms with Crippen molar-refractivity contribution in [1.82, 2.24) is 0 Å². The molecule has 0 bridgehead atoms. The van der Waals surface area contributed by atoms with E-state index in [2.05, 4.69) is 83.0 Å². The Balaban J connectivity index is 1.73. The number of anilines is 3. The molecule has 0 unspecified atom stereocenters. The van der Waals surface area contributed by atoms with E-state index in [9.17, 15) is 0 Å². The lowest BCUT2D eigenvalue weighted by Gasteiger charge is -2.13. The van der Waals surface area contributed by atoms with E-state index in [4.69, 9.17) is 0 Å². The molecule has 0 radical (unpaired) electrons. The van der Waals surface area contributed by atoms with Crippen LogP contribution in [0.1, 0.15) is 0 Å². The highest BCUT2D eigenvalue weighted by molar-refractivity contribution is 5.69. The third-order valence-corrected chi connectivity index (χ3v) is 3.66. The fourth-order valence-electron chi connectivity index (χ4n) is 2.39. The minimum atomic E-state index is 1.09. The van der Waals surface area contributed by atoms with Crippen molar-refractivity contribution in [2.75, 3.05) is 24.3 Å². The molecule has 0 atom stereocenters. The van der Waals surface area contributed by atoms with Crippen LogP contribution in [0.2, 0.25) is 0 Å². The Morgan fingerprint density at radius 3 is 1.64 bits per heavy atom. The molecule has 2 nitrogen and oxygen atoms in total. The number of benzene rings is 3. The van der Waals surface area contributed by atoms with Gasteiger partial charge in [-0.15, -0.1) is 0 Å². The fourth-order valence-corrected chi connectivity index (χ4v) is 2.39. The van der Waals surface area contributed by atoms with Crippen molar-refractivity contribution in [3.8, 4) is 11.1 Å². The molecule has 0 aromatic heterocycles. The minimum Gasteiger partial charge on any atom is -0.378 e. The summed E-state index contributed by atoms with van der Waals surface area (Å²) in [5.74, 6) is 0. The lowest BCUT2D eigenvalue weighted by molar-refractivity contribution is 1.13. The van der Waals surface area contributed by atoms with Gasteiger partial charge >= 0.3 is 0 Å². The Labute approximate surface area is 132 Å². The molecule has 0 aliphatic rings. The van der Waals surface area contributed by atoms with Gasteiger partial charge in [0.1, 0.15) is 0 Å². The van der Waals surface area contributed by atoms with Gasteiger partial charge in [0, 0.05) is 31.2 Å². The van der Waals surface area contributed by atoms with Crippen molar-refractivity contribution in [2.24, 2.45) is 0 Å². The highest BCUT2D eigenvalue weighted by atomic mass is 15.1. The molecule has 2 heteroatoms. The fraction of sp³-hybridized carbons (Fsp3) is 0.100. The molecule has 3 aromatic rings. The van der Waals surface area contributed by atoms with Gasteiger partial charge in [0.25, 0.3) is 0 Å². The number of hydrogen-bond acceptors (Lipinski definition) is 2. The Morgan fingerprint density at radius 2 is 1.09 bits per heavy atom. The molecule has 1 N–H and O–H groups in total. The summed E-state index contributed by atoms with van der Waals surface area (Å²) in [5.41, 5.74) is 5.86. The van der Waals surface area contributed by atoms with Crippen LogP contribution in [-0.4, -0.2) is 14.1 Å². The number of hydrogen-bond donors (Lipinski definition) is 1. The summed E-state index contributed by atoms with van der Waals surface area (Å²) in [6.45, 7) is 0. The zero-order valence-corrected chi connectivity index (χ0v) is 13.0. The van der Waals surface area contributed by atoms with E-state index in [1.807, 2.05) is 20.2 Å². The van der Waals surface area contributed by atoms with E-state index < -0.39 is 0 Å². The highest BCUT2D eigenvalue weighted by Gasteiger charge is 1.99. The van der Waals surface area contributed by atoms with Crippen LogP contribution >= 0.6 is 0 Å². The van der Waals surface area contributed by atoms with Gasteiger partial charge in [-0.2, -0.15) is 0 Å². The first kappa shape index (κ1) is 14.2. The molecule has 3 aromatic carbocycles. The standard InChI is InChI=1S/C20H20N2/c1-22(2)20-14-12-19(13-15-20)21-18-10-8-17(9-11-18)16-6-4-3-5-7-16/h3-15,21H,1-2H3. The van der Waals surface area contributed by atoms with Gasteiger partial charge in [-0.25, -0.2) is 0 Å². The van der Waals surface area contributed by atoms with Gasteiger partial charge < -0.3 is 10.2 Å². The zero-order valence-electron chi connectivity index (χ0n) is 13.0. The first-order valence-electron chi connectivity index (χ1n) is 7.42. The Bertz CT molecular complexity index is 714. The predicted octanol–water partition coefficient (Wildman–Crippen LogP) is 5.16. The molecular weight excluding hydrogens is 268 g/mol. The van der Waals surface area contributed by atoms with Crippen molar-refractivity contribution < 1.29 is 0 Å². The van der Waals surface area contributed by atoms with Crippen LogP contribution in [0.3, 0.4) is 0 Å². The summed E-state index contributed by atoms with van der Waals surface area (Å²) >= 11 is 0. The lowest BCUT2D eigenvalue weighted by Crippen LogP contribution is -2.08. The molecular formula is C20H20N2. The highest BCUT2D eigenvalue weighted by Crippen LogP contribution is 2.24. The average molecular weight is 288 g/mol. The molecule has 0 aliphatic carbocycles. The monoisotopic (exact) mass is 288 g/mol. The molecule has 22 heavy (non-hydrogen) atoms. The summed E-state index contributed by atoms with van der Waals surface area (Å²) in [6, 6.07) is 27.4. The molecule has 0 heterocycles. The summed E-state index contributed by atoms with van der Waals surface area (Å²) in [6.07, 6.45) is 0. The van der Waals surface area contributed by atoms with Crippen LogP contribution in [-0.2, 0) is 0 Å². The van der Waals surface area contributed by atoms with E-state index in [1.54, 1.807) is 0 Å². The third kappa shape index (κ3) is 3.29. The first-order valence-corrected chi connectivity index (χ1v) is 7.42. The molecule has 0 saturated heterocycles. The van der Waals surface area contributed by atoms with Crippen LogP contribution in [0.5, 0.6) is 0 Å². The van der Waals surface area contributed by atoms with Crippen LogP contribution in [0, 0.1) is 0 Å². The largest absolute Gasteiger partial charge is 0.378 e. The maximum Gasteiger partial charge on any atom is 0.0385 e. The van der Waals surface area contributed by atoms with Crippen LogP contribution in [0.25, 0.3) is 11.1 Å². The molecule has 0 spiro atoms. The first-order chi connectivity index (χ1) is 10.7. The molecule has 0 aliphatic heterocycles. The zero-order chi connectivity index (χ0) is 15.4. The van der Waals surface area contributed by atoms with Crippen LogP contribution < -0.4 is 10.2 Å². The van der Waals surface area contributed by atoms with Crippen LogP contribution in [0.15, 0.2) is 78.9 Å². The SMILES string of the molecule is CN(C)c1ccc(Nc2ccc(-c3ccccc3)cc2)cc1. The summed E-state index contributed by atoms with van der Waals surface area (Å²) in [5, 5.41) is 3.43. The van der Waals surface area contributed by atoms with Gasteiger partial charge in [-0.1, -0.05) is 42.5 Å². The molecule has 0 saturated carbocycles. The molecule has 0 fully saturated rings. The number of rotatable bonds is 4. The molecule has 3 rings (SSSR count). The van der Waals surface area contributed by atoms with Gasteiger partial charge in [0.2, 0.25) is 0 Å². The maximum absolute atomic E-state index is 3.43. The second-order valence-electron chi connectivity index (χ2n) is 5.51. The van der Waals surface area contributed by atoms with E-state index in [-0.39, 0.29) is 0 Å². The Hall–Kier alpha value is -2.74. The van der Waals surface area contributed by atoms with Crippen molar-refractivity contribution in [1.29, 1.82) is 0 Å². The van der Waals surface area contributed by atoms with Crippen molar-refractivity contribution in [3.63, 3.8) is 0 Å². The van der Waals surface area contributed by atoms with E-state index in [0.29, 0.717) is 0 Å². The van der Waals surface area contributed by atoms with E-state index in [1.165, 1.54) is 16.8 Å². The van der Waals surface area contributed by atoms with Crippen molar-refractivity contribution in [3.05, 3.63) is 78.9 Å². The number of nitrogens with zero attached hydrogens (tertiary/aromatic N) is 1. The predicted molar refractivity (Wildman–Crippen MR) is 95.9 cm³/mol. The Kier molecular flexibility index (Phi) is 4.10. The van der Waals surface area contributed by atoms with E-state index >= 15 is 0 Å². The van der Waals surface area contributed by atoms with Gasteiger partial charge in [-0.05, 0) is 47.5 Å². The topological polar surface area (TPSA) is 15.3 Å². The molecule has 110 valence electrons. The van der Waals surface area contributed by atoms with Gasteiger partial charge in [-0.3, -0.25) is 0 Å². The Morgan fingerprint density at radius 1 is 0.591 bits per heavy atom. The minimum absolute atomic E-state index is 1.09. The maximum atomic E-state index is 3.43.